The molecular formula is C15H22O2. The standard InChI is InChI=1S/C15H22O2/c1-6-7-17-10-12-8-11(2)14(16)13(9-12)15(3,4)5/h6,8-9,16H,1,7,10H2,2-5H3. The van der Waals surface area contributed by atoms with Gasteiger partial charge in [-0.2, -0.15) is 0 Å². The summed E-state index contributed by atoms with van der Waals surface area (Å²) in [7, 11) is 0. The monoisotopic (exact) mass is 234 g/mol. The van der Waals surface area contributed by atoms with Crippen LogP contribution in [0.2, 0.25) is 0 Å². The van der Waals surface area contributed by atoms with E-state index in [2.05, 4.69) is 27.4 Å². The van der Waals surface area contributed by atoms with Crippen LogP contribution in [-0.2, 0) is 16.8 Å². The molecule has 0 fully saturated rings. The first kappa shape index (κ1) is 13.8. The molecule has 0 aliphatic rings. The van der Waals surface area contributed by atoms with E-state index in [0.29, 0.717) is 19.0 Å². The fraction of sp³-hybridized carbons (Fsp3) is 0.467. The summed E-state index contributed by atoms with van der Waals surface area (Å²) >= 11 is 0. The van der Waals surface area contributed by atoms with Crippen LogP contribution < -0.4 is 0 Å². The van der Waals surface area contributed by atoms with Crippen LogP contribution in [-0.4, -0.2) is 11.7 Å². The SMILES string of the molecule is C=CCOCc1cc(C)c(O)c(C(C)(C)C)c1. The van der Waals surface area contributed by atoms with E-state index in [1.165, 1.54) is 0 Å². The van der Waals surface area contributed by atoms with Crippen LogP contribution in [0.1, 0.15) is 37.5 Å². The van der Waals surface area contributed by atoms with Gasteiger partial charge >= 0.3 is 0 Å². The molecule has 2 heteroatoms. The Kier molecular flexibility index (Phi) is 4.35. The Bertz CT molecular complexity index is 400. The molecule has 0 atom stereocenters. The lowest BCUT2D eigenvalue weighted by atomic mass is 9.84. The Hall–Kier alpha value is -1.28. The highest BCUT2D eigenvalue weighted by molar-refractivity contribution is 5.46. The number of phenolic OH excluding ortho intramolecular Hbond substituents is 1. The molecule has 0 bridgehead atoms. The van der Waals surface area contributed by atoms with E-state index < -0.39 is 0 Å². The van der Waals surface area contributed by atoms with Crippen LogP contribution in [0.25, 0.3) is 0 Å². The first-order chi connectivity index (χ1) is 7.86. The first-order valence-electron chi connectivity index (χ1n) is 5.88. The fourth-order valence-corrected chi connectivity index (χ4v) is 1.77. The number of benzene rings is 1. The second-order valence-corrected chi connectivity index (χ2v) is 5.36. The quantitative estimate of drug-likeness (QED) is 0.636. The summed E-state index contributed by atoms with van der Waals surface area (Å²) in [5.41, 5.74) is 2.89. The van der Waals surface area contributed by atoms with E-state index in [-0.39, 0.29) is 5.41 Å². The highest BCUT2D eigenvalue weighted by Gasteiger charge is 2.20. The van der Waals surface area contributed by atoms with Gasteiger partial charge in [0.1, 0.15) is 5.75 Å². The number of aryl methyl sites for hydroxylation is 1. The van der Waals surface area contributed by atoms with Crippen LogP contribution in [0.3, 0.4) is 0 Å². The average Bonchev–Trinajstić information content (AvgIpc) is 2.21. The third-order valence-corrected chi connectivity index (χ3v) is 2.67. The van der Waals surface area contributed by atoms with Crippen LogP contribution in [0.5, 0.6) is 5.75 Å². The second kappa shape index (κ2) is 5.37. The molecular weight excluding hydrogens is 212 g/mol. The van der Waals surface area contributed by atoms with E-state index in [9.17, 15) is 5.11 Å². The van der Waals surface area contributed by atoms with Gasteiger partial charge in [0.2, 0.25) is 0 Å². The Morgan fingerprint density at radius 1 is 1.35 bits per heavy atom. The zero-order valence-electron chi connectivity index (χ0n) is 11.2. The maximum Gasteiger partial charge on any atom is 0.122 e. The van der Waals surface area contributed by atoms with Crippen molar-refractivity contribution in [2.24, 2.45) is 0 Å². The number of rotatable bonds is 4. The Balaban J connectivity index is 3.02. The molecule has 17 heavy (non-hydrogen) atoms. The predicted molar refractivity (Wildman–Crippen MR) is 71.4 cm³/mol. The van der Waals surface area contributed by atoms with E-state index in [4.69, 9.17) is 4.74 Å². The highest BCUT2D eigenvalue weighted by atomic mass is 16.5. The Morgan fingerprint density at radius 3 is 2.53 bits per heavy atom. The molecule has 1 aromatic rings. The molecule has 0 heterocycles. The van der Waals surface area contributed by atoms with E-state index in [0.717, 1.165) is 16.7 Å². The van der Waals surface area contributed by atoms with Crippen LogP contribution in [0.4, 0.5) is 0 Å². The van der Waals surface area contributed by atoms with Crippen molar-refractivity contribution in [1.82, 2.24) is 0 Å². The molecule has 0 saturated carbocycles. The normalized spacial score (nSPS) is 11.5. The largest absolute Gasteiger partial charge is 0.507 e. The van der Waals surface area contributed by atoms with Gasteiger partial charge < -0.3 is 9.84 Å². The van der Waals surface area contributed by atoms with Crippen molar-refractivity contribution >= 4 is 0 Å². The third kappa shape index (κ3) is 3.60. The van der Waals surface area contributed by atoms with Crippen molar-refractivity contribution in [3.8, 4) is 5.75 Å². The second-order valence-electron chi connectivity index (χ2n) is 5.36. The first-order valence-corrected chi connectivity index (χ1v) is 5.88. The highest BCUT2D eigenvalue weighted by Crippen LogP contribution is 2.34. The minimum Gasteiger partial charge on any atom is -0.507 e. The number of ether oxygens (including phenoxy) is 1. The van der Waals surface area contributed by atoms with Gasteiger partial charge in [-0.25, -0.2) is 0 Å². The van der Waals surface area contributed by atoms with Crippen LogP contribution in [0.15, 0.2) is 24.8 Å². The molecule has 0 aromatic heterocycles. The lowest BCUT2D eigenvalue weighted by Gasteiger charge is -2.22. The van der Waals surface area contributed by atoms with Gasteiger partial charge in [0.25, 0.3) is 0 Å². The van der Waals surface area contributed by atoms with Crippen molar-refractivity contribution in [2.45, 2.75) is 39.7 Å². The molecule has 1 N–H and O–H groups in total. The molecule has 0 saturated heterocycles. The summed E-state index contributed by atoms with van der Waals surface area (Å²) in [6.45, 7) is 12.9. The zero-order chi connectivity index (χ0) is 13.1. The maximum absolute atomic E-state index is 10.1. The molecule has 1 rings (SSSR count). The molecule has 94 valence electrons. The smallest absolute Gasteiger partial charge is 0.122 e. The number of aromatic hydroxyl groups is 1. The summed E-state index contributed by atoms with van der Waals surface area (Å²) < 4.78 is 5.43. The minimum absolute atomic E-state index is 0.0662. The van der Waals surface area contributed by atoms with Crippen LogP contribution >= 0.6 is 0 Å². The van der Waals surface area contributed by atoms with E-state index in [1.807, 2.05) is 19.1 Å². The minimum atomic E-state index is -0.0662. The van der Waals surface area contributed by atoms with Gasteiger partial charge in [-0.3, -0.25) is 0 Å². The van der Waals surface area contributed by atoms with Crippen molar-refractivity contribution in [2.75, 3.05) is 6.61 Å². The topological polar surface area (TPSA) is 29.5 Å². The fourth-order valence-electron chi connectivity index (χ4n) is 1.77. The molecule has 0 aliphatic heterocycles. The summed E-state index contributed by atoms with van der Waals surface area (Å²) in [5.74, 6) is 0.393. The van der Waals surface area contributed by atoms with E-state index in [1.54, 1.807) is 6.08 Å². The van der Waals surface area contributed by atoms with Gasteiger partial charge in [0.05, 0.1) is 13.2 Å². The lowest BCUT2D eigenvalue weighted by Crippen LogP contribution is -2.12. The molecule has 1 aromatic carbocycles. The van der Waals surface area contributed by atoms with Gasteiger partial charge in [-0.05, 0) is 35.1 Å². The molecule has 0 aliphatic carbocycles. The molecule has 0 amide bonds. The summed E-state index contributed by atoms with van der Waals surface area (Å²) in [4.78, 5) is 0. The molecule has 0 spiro atoms. The van der Waals surface area contributed by atoms with Crippen molar-refractivity contribution in [3.05, 3.63) is 41.5 Å². The number of hydrogen-bond acceptors (Lipinski definition) is 2. The van der Waals surface area contributed by atoms with Gasteiger partial charge in [-0.15, -0.1) is 6.58 Å². The molecule has 0 radical (unpaired) electrons. The number of phenols is 1. The average molecular weight is 234 g/mol. The molecule has 0 unspecified atom stereocenters. The van der Waals surface area contributed by atoms with Gasteiger partial charge in [0.15, 0.2) is 0 Å². The van der Waals surface area contributed by atoms with Gasteiger partial charge in [0, 0.05) is 0 Å². The van der Waals surface area contributed by atoms with Crippen molar-refractivity contribution in [1.29, 1.82) is 0 Å². The molecule has 2 nitrogen and oxygen atoms in total. The lowest BCUT2D eigenvalue weighted by molar-refractivity contribution is 0.148. The predicted octanol–water partition coefficient (Wildman–Crippen LogP) is 3.70. The van der Waals surface area contributed by atoms with Crippen molar-refractivity contribution < 1.29 is 9.84 Å². The maximum atomic E-state index is 10.1. The third-order valence-electron chi connectivity index (χ3n) is 2.67. The van der Waals surface area contributed by atoms with Gasteiger partial charge in [-0.1, -0.05) is 32.9 Å². The Morgan fingerprint density at radius 2 is 2.00 bits per heavy atom. The summed E-state index contributed by atoms with van der Waals surface area (Å²) in [6.07, 6.45) is 1.73. The van der Waals surface area contributed by atoms with Crippen molar-refractivity contribution in [3.63, 3.8) is 0 Å². The summed E-state index contributed by atoms with van der Waals surface area (Å²) in [5, 5.41) is 10.1. The summed E-state index contributed by atoms with van der Waals surface area (Å²) in [6, 6.07) is 3.99. The van der Waals surface area contributed by atoms with Crippen LogP contribution in [0, 0.1) is 6.92 Å². The number of hydrogen-bond donors (Lipinski definition) is 1. The Labute approximate surface area is 104 Å². The van der Waals surface area contributed by atoms with E-state index >= 15 is 0 Å². The zero-order valence-corrected chi connectivity index (χ0v) is 11.2.